The number of benzene rings is 1. The average molecular weight is 316 g/mol. The van der Waals surface area contributed by atoms with Crippen LogP contribution in [0.3, 0.4) is 0 Å². The van der Waals surface area contributed by atoms with E-state index in [4.69, 9.17) is 0 Å². The molecule has 0 aliphatic carbocycles. The van der Waals surface area contributed by atoms with Crippen LogP contribution in [0.4, 0.5) is 5.69 Å². The lowest BCUT2D eigenvalue weighted by Gasteiger charge is -2.28. The van der Waals surface area contributed by atoms with Gasteiger partial charge >= 0.3 is 0 Å². The molecule has 4 nitrogen and oxygen atoms in total. The smallest absolute Gasteiger partial charge is 0.227 e. The maximum atomic E-state index is 12.4. The lowest BCUT2D eigenvalue weighted by Crippen LogP contribution is -2.35. The van der Waals surface area contributed by atoms with E-state index >= 15 is 0 Å². The van der Waals surface area contributed by atoms with Crippen molar-refractivity contribution in [2.45, 2.75) is 58.1 Å². The predicted octanol–water partition coefficient (Wildman–Crippen LogP) is 2.80. The third kappa shape index (κ3) is 3.29. The number of amides is 1. The van der Waals surface area contributed by atoms with Gasteiger partial charge in [0.05, 0.1) is 6.10 Å². The summed E-state index contributed by atoms with van der Waals surface area (Å²) in [7, 11) is 0. The highest BCUT2D eigenvalue weighted by atomic mass is 16.3. The molecule has 23 heavy (non-hydrogen) atoms. The summed E-state index contributed by atoms with van der Waals surface area (Å²) in [6, 6.07) is 6.38. The zero-order chi connectivity index (χ0) is 16.4. The van der Waals surface area contributed by atoms with Crippen molar-refractivity contribution in [3.05, 3.63) is 29.3 Å². The minimum atomic E-state index is -0.391. The quantitative estimate of drug-likeness (QED) is 0.898. The highest BCUT2D eigenvalue weighted by molar-refractivity contribution is 5.96. The summed E-state index contributed by atoms with van der Waals surface area (Å²) < 4.78 is 0. The number of fused-ring (bicyclic) bond motifs is 1. The molecule has 1 fully saturated rings. The van der Waals surface area contributed by atoms with Crippen LogP contribution in [0.25, 0.3) is 0 Å². The Balaban J connectivity index is 1.80. The molecule has 0 bridgehead atoms. The Morgan fingerprint density at radius 1 is 1.39 bits per heavy atom. The number of piperidine rings is 1. The highest BCUT2D eigenvalue weighted by Gasteiger charge is 2.31. The zero-order valence-corrected chi connectivity index (χ0v) is 14.2. The second-order valence-electron chi connectivity index (χ2n) is 6.99. The normalized spacial score (nSPS) is 22.9. The number of hydrogen-bond donors (Lipinski definition) is 2. The molecule has 1 saturated heterocycles. The number of anilines is 1. The van der Waals surface area contributed by atoms with Crippen molar-refractivity contribution in [1.29, 1.82) is 0 Å². The number of aliphatic hydroxyl groups excluding tert-OH is 1. The molecular weight excluding hydrogens is 288 g/mol. The summed E-state index contributed by atoms with van der Waals surface area (Å²) in [5, 5.41) is 14.0. The first-order valence-electron chi connectivity index (χ1n) is 8.95. The predicted molar refractivity (Wildman–Crippen MR) is 92.6 cm³/mol. The van der Waals surface area contributed by atoms with Crippen LogP contribution in [0, 0.1) is 5.92 Å². The van der Waals surface area contributed by atoms with E-state index < -0.39 is 6.10 Å². The Morgan fingerprint density at radius 3 is 2.83 bits per heavy atom. The van der Waals surface area contributed by atoms with E-state index in [1.54, 1.807) is 0 Å². The van der Waals surface area contributed by atoms with Gasteiger partial charge in [-0.2, -0.15) is 0 Å². The minimum absolute atomic E-state index is 0.213. The fraction of sp³-hybridized carbons (Fsp3) is 0.632. The number of hydrogen-bond acceptors (Lipinski definition) is 3. The van der Waals surface area contributed by atoms with Crippen molar-refractivity contribution in [1.82, 2.24) is 5.32 Å². The number of rotatable bonds is 4. The maximum Gasteiger partial charge on any atom is 0.227 e. The SMILES string of the molecule is CCCC(=O)N1c2ccc(C(O)C3CCNCC3)cc2CC1C. The van der Waals surface area contributed by atoms with E-state index in [0.717, 1.165) is 50.0 Å². The number of aliphatic hydroxyl groups is 1. The second kappa shape index (κ2) is 7.02. The monoisotopic (exact) mass is 316 g/mol. The molecule has 126 valence electrons. The Morgan fingerprint density at radius 2 is 2.13 bits per heavy atom. The lowest BCUT2D eigenvalue weighted by molar-refractivity contribution is -0.118. The Labute approximate surface area is 138 Å². The minimum Gasteiger partial charge on any atom is -0.388 e. The summed E-state index contributed by atoms with van der Waals surface area (Å²) in [6.07, 6.45) is 4.02. The Bertz CT molecular complexity index is 566. The highest BCUT2D eigenvalue weighted by Crippen LogP contribution is 2.37. The van der Waals surface area contributed by atoms with E-state index in [1.165, 1.54) is 5.56 Å². The molecule has 2 aliphatic rings. The third-order valence-corrected chi connectivity index (χ3v) is 5.22. The number of carbonyl (C=O) groups is 1. The summed E-state index contributed by atoms with van der Waals surface area (Å²) >= 11 is 0. The van der Waals surface area contributed by atoms with Crippen LogP contribution in [0.15, 0.2) is 18.2 Å². The Kier molecular flexibility index (Phi) is 5.02. The van der Waals surface area contributed by atoms with Gasteiger partial charge < -0.3 is 15.3 Å². The van der Waals surface area contributed by atoms with Gasteiger partial charge in [-0.05, 0) is 68.8 Å². The second-order valence-corrected chi connectivity index (χ2v) is 6.99. The van der Waals surface area contributed by atoms with Crippen LogP contribution >= 0.6 is 0 Å². The standard InChI is InChI=1S/C19H28N2O2/c1-3-4-18(22)21-13(2)11-16-12-15(5-6-17(16)21)19(23)14-7-9-20-10-8-14/h5-6,12-14,19-20,23H,3-4,7-11H2,1-2H3. The molecule has 2 atom stereocenters. The molecule has 1 aromatic carbocycles. The van der Waals surface area contributed by atoms with Gasteiger partial charge in [0.1, 0.15) is 0 Å². The van der Waals surface area contributed by atoms with E-state index in [9.17, 15) is 9.90 Å². The van der Waals surface area contributed by atoms with Gasteiger partial charge in [0.15, 0.2) is 0 Å². The molecule has 0 spiro atoms. The topological polar surface area (TPSA) is 52.6 Å². The average Bonchev–Trinajstić information content (AvgIpc) is 2.90. The van der Waals surface area contributed by atoms with Crippen LogP contribution in [0.5, 0.6) is 0 Å². The van der Waals surface area contributed by atoms with Gasteiger partial charge in [0.25, 0.3) is 0 Å². The summed E-state index contributed by atoms with van der Waals surface area (Å²) in [5.41, 5.74) is 3.25. The molecule has 2 unspecified atom stereocenters. The molecule has 2 aliphatic heterocycles. The number of carbonyl (C=O) groups excluding carboxylic acids is 1. The molecule has 1 amide bonds. The zero-order valence-electron chi connectivity index (χ0n) is 14.2. The lowest BCUT2D eigenvalue weighted by atomic mass is 9.87. The van der Waals surface area contributed by atoms with Gasteiger partial charge in [-0.15, -0.1) is 0 Å². The fourth-order valence-electron chi connectivity index (χ4n) is 3.98. The molecule has 1 aromatic rings. The van der Waals surface area contributed by atoms with Crippen molar-refractivity contribution < 1.29 is 9.90 Å². The first-order valence-corrected chi connectivity index (χ1v) is 8.95. The molecule has 3 rings (SSSR count). The van der Waals surface area contributed by atoms with Crippen molar-refractivity contribution in [2.24, 2.45) is 5.92 Å². The summed E-state index contributed by atoms with van der Waals surface area (Å²) in [6.45, 7) is 6.13. The molecule has 2 heterocycles. The van der Waals surface area contributed by atoms with Crippen LogP contribution in [0.2, 0.25) is 0 Å². The molecule has 0 saturated carbocycles. The largest absolute Gasteiger partial charge is 0.388 e. The van der Waals surface area contributed by atoms with E-state index in [0.29, 0.717) is 12.3 Å². The fourth-order valence-corrected chi connectivity index (χ4v) is 3.98. The van der Waals surface area contributed by atoms with Gasteiger partial charge in [0, 0.05) is 18.2 Å². The van der Waals surface area contributed by atoms with Gasteiger partial charge in [-0.3, -0.25) is 4.79 Å². The molecular formula is C19H28N2O2. The maximum absolute atomic E-state index is 12.4. The Hall–Kier alpha value is -1.39. The van der Waals surface area contributed by atoms with Crippen molar-refractivity contribution in [2.75, 3.05) is 18.0 Å². The van der Waals surface area contributed by atoms with Gasteiger partial charge in [-0.25, -0.2) is 0 Å². The van der Waals surface area contributed by atoms with Crippen LogP contribution < -0.4 is 10.2 Å². The van der Waals surface area contributed by atoms with E-state index in [1.807, 2.05) is 24.0 Å². The molecule has 2 N–H and O–H groups in total. The van der Waals surface area contributed by atoms with Crippen LogP contribution in [-0.2, 0) is 11.2 Å². The molecule has 0 radical (unpaired) electrons. The van der Waals surface area contributed by atoms with Crippen LogP contribution in [-0.4, -0.2) is 30.1 Å². The van der Waals surface area contributed by atoms with Gasteiger partial charge in [0.2, 0.25) is 5.91 Å². The van der Waals surface area contributed by atoms with Gasteiger partial charge in [-0.1, -0.05) is 19.1 Å². The van der Waals surface area contributed by atoms with E-state index in [2.05, 4.69) is 18.3 Å². The third-order valence-electron chi connectivity index (χ3n) is 5.22. The van der Waals surface area contributed by atoms with Crippen molar-refractivity contribution in [3.63, 3.8) is 0 Å². The molecule has 0 aromatic heterocycles. The van der Waals surface area contributed by atoms with Crippen LogP contribution in [0.1, 0.15) is 56.8 Å². The molecule has 4 heteroatoms. The van der Waals surface area contributed by atoms with E-state index in [-0.39, 0.29) is 11.9 Å². The van der Waals surface area contributed by atoms with Crippen molar-refractivity contribution >= 4 is 11.6 Å². The number of nitrogens with zero attached hydrogens (tertiary/aromatic N) is 1. The summed E-state index contributed by atoms with van der Waals surface area (Å²) in [4.78, 5) is 14.3. The van der Waals surface area contributed by atoms with Crippen molar-refractivity contribution in [3.8, 4) is 0 Å². The summed E-state index contributed by atoms with van der Waals surface area (Å²) in [5.74, 6) is 0.552. The first-order chi connectivity index (χ1) is 11.1. The first kappa shape index (κ1) is 16.5. The number of nitrogens with one attached hydrogen (secondary N) is 1.